The fourth-order valence-electron chi connectivity index (χ4n) is 3.55. The maximum absolute atomic E-state index is 13.3. The fraction of sp³-hybridized carbons (Fsp3) is 0.0909. The maximum Gasteiger partial charge on any atom is 0.261 e. The summed E-state index contributed by atoms with van der Waals surface area (Å²) in [4.78, 5) is 15.2. The van der Waals surface area contributed by atoms with Gasteiger partial charge >= 0.3 is 0 Å². The van der Waals surface area contributed by atoms with Crippen LogP contribution in [0.2, 0.25) is 0 Å². The lowest BCUT2D eigenvalue weighted by Crippen LogP contribution is -2.48. The predicted molar refractivity (Wildman–Crippen MR) is 108 cm³/mol. The highest BCUT2D eigenvalue weighted by molar-refractivity contribution is 7.80. The van der Waals surface area contributed by atoms with Gasteiger partial charge in [0.2, 0.25) is 0 Å². The molecule has 1 N–H and O–H groups in total. The van der Waals surface area contributed by atoms with Crippen LogP contribution in [0, 0.1) is 6.92 Å². The van der Waals surface area contributed by atoms with Crippen molar-refractivity contribution in [1.29, 1.82) is 0 Å². The molecule has 0 atom stereocenters. The van der Waals surface area contributed by atoms with E-state index in [-0.39, 0.29) is 5.91 Å². The molecular weight excluding hydrogens is 340 g/mol. The number of rotatable bonds is 3. The predicted octanol–water partition coefficient (Wildman–Crippen LogP) is 4.16. The number of carbonyl (C=O) groups excluding carboxylic acids is 1. The second kappa shape index (κ2) is 6.39. The van der Waals surface area contributed by atoms with Gasteiger partial charge in [-0.1, -0.05) is 78.4 Å². The lowest BCUT2D eigenvalue weighted by molar-refractivity contribution is -0.122. The zero-order chi connectivity index (χ0) is 18.1. The highest BCUT2D eigenvalue weighted by atomic mass is 32.1. The Balaban J connectivity index is 2.03. The number of hydrogen-bond acceptors (Lipinski definition) is 2. The third-order valence-electron chi connectivity index (χ3n) is 4.76. The number of amides is 1. The van der Waals surface area contributed by atoms with E-state index in [2.05, 4.69) is 5.32 Å². The van der Waals surface area contributed by atoms with Gasteiger partial charge in [0.05, 0.1) is 0 Å². The minimum absolute atomic E-state index is 0.138. The molecule has 0 saturated carbocycles. The van der Waals surface area contributed by atoms with Crippen molar-refractivity contribution in [3.8, 4) is 0 Å². The summed E-state index contributed by atoms with van der Waals surface area (Å²) in [5.74, 6) is -0.138. The molecular formula is C22H18N2OS. The van der Waals surface area contributed by atoms with Crippen LogP contribution in [0.4, 0.5) is 5.69 Å². The topological polar surface area (TPSA) is 32.3 Å². The number of hydrogen-bond donors (Lipinski definition) is 1. The lowest BCUT2D eigenvalue weighted by Gasteiger charge is -2.37. The molecule has 1 fully saturated rings. The number of benzene rings is 3. The summed E-state index contributed by atoms with van der Waals surface area (Å²) in [5, 5.41) is 3.30. The third-order valence-corrected chi connectivity index (χ3v) is 5.05. The Labute approximate surface area is 158 Å². The van der Waals surface area contributed by atoms with Gasteiger partial charge in [0.25, 0.3) is 5.91 Å². The Morgan fingerprint density at radius 1 is 0.808 bits per heavy atom. The largest absolute Gasteiger partial charge is 0.300 e. The minimum Gasteiger partial charge on any atom is -0.300 e. The second-order valence-corrected chi connectivity index (χ2v) is 6.76. The molecule has 0 spiro atoms. The Bertz CT molecular complexity index is 913. The molecule has 0 bridgehead atoms. The van der Waals surface area contributed by atoms with Crippen LogP contribution in [-0.2, 0) is 10.3 Å². The molecule has 0 unspecified atom stereocenters. The summed E-state index contributed by atoms with van der Waals surface area (Å²) in [6.45, 7) is 2.04. The van der Waals surface area contributed by atoms with Crippen LogP contribution in [0.25, 0.3) is 0 Å². The Kier molecular flexibility index (Phi) is 4.05. The van der Waals surface area contributed by atoms with Gasteiger partial charge in [-0.2, -0.15) is 0 Å². The number of carbonyl (C=O) groups is 1. The summed E-state index contributed by atoms with van der Waals surface area (Å²) in [6, 6.07) is 27.6. The number of nitrogens with zero attached hydrogens (tertiary/aromatic N) is 1. The molecule has 1 saturated heterocycles. The number of thiocarbonyl (C=S) groups is 1. The minimum atomic E-state index is -1.03. The van der Waals surface area contributed by atoms with Crippen molar-refractivity contribution in [2.75, 3.05) is 4.90 Å². The highest BCUT2D eigenvalue weighted by Crippen LogP contribution is 2.42. The number of anilines is 1. The van der Waals surface area contributed by atoms with E-state index in [9.17, 15) is 4.79 Å². The quantitative estimate of drug-likeness (QED) is 0.714. The van der Waals surface area contributed by atoms with Gasteiger partial charge in [0, 0.05) is 5.69 Å². The van der Waals surface area contributed by atoms with Crippen LogP contribution in [0.1, 0.15) is 16.7 Å². The molecule has 3 aromatic rings. The van der Waals surface area contributed by atoms with Crippen molar-refractivity contribution in [1.82, 2.24) is 5.32 Å². The number of aryl methyl sites for hydroxylation is 1. The van der Waals surface area contributed by atoms with E-state index >= 15 is 0 Å². The molecule has 3 nitrogen and oxygen atoms in total. The van der Waals surface area contributed by atoms with E-state index in [0.29, 0.717) is 5.11 Å². The lowest BCUT2D eigenvalue weighted by atomic mass is 9.81. The van der Waals surface area contributed by atoms with E-state index in [4.69, 9.17) is 12.2 Å². The Morgan fingerprint density at radius 3 is 1.81 bits per heavy atom. The first-order valence-corrected chi connectivity index (χ1v) is 8.88. The summed E-state index contributed by atoms with van der Waals surface area (Å²) >= 11 is 5.58. The van der Waals surface area contributed by atoms with Crippen molar-refractivity contribution in [3.05, 3.63) is 102 Å². The van der Waals surface area contributed by atoms with Crippen LogP contribution in [0.15, 0.2) is 84.9 Å². The van der Waals surface area contributed by atoms with Gasteiger partial charge < -0.3 is 0 Å². The fourth-order valence-corrected chi connectivity index (χ4v) is 3.88. The van der Waals surface area contributed by atoms with E-state index in [1.54, 1.807) is 0 Å². The van der Waals surface area contributed by atoms with Gasteiger partial charge in [-0.15, -0.1) is 0 Å². The molecule has 0 radical (unpaired) electrons. The third kappa shape index (κ3) is 2.42. The molecule has 1 amide bonds. The van der Waals surface area contributed by atoms with E-state index < -0.39 is 5.54 Å². The van der Waals surface area contributed by atoms with E-state index in [1.807, 2.05) is 96.8 Å². The average molecular weight is 358 g/mol. The normalized spacial score (nSPS) is 15.8. The van der Waals surface area contributed by atoms with Crippen molar-refractivity contribution < 1.29 is 4.79 Å². The monoisotopic (exact) mass is 358 g/mol. The van der Waals surface area contributed by atoms with Crippen LogP contribution in [0.3, 0.4) is 0 Å². The summed E-state index contributed by atoms with van der Waals surface area (Å²) in [6.07, 6.45) is 0. The highest BCUT2D eigenvalue weighted by Gasteiger charge is 2.54. The second-order valence-electron chi connectivity index (χ2n) is 6.37. The maximum atomic E-state index is 13.3. The first-order valence-electron chi connectivity index (χ1n) is 8.47. The SMILES string of the molecule is Cc1ccc(N2C(=S)NC(=O)C2(c2ccccc2)c2ccccc2)cc1. The molecule has 4 rings (SSSR count). The molecule has 1 aliphatic heterocycles. The first-order chi connectivity index (χ1) is 12.6. The summed E-state index contributed by atoms with van der Waals surface area (Å²) in [7, 11) is 0. The van der Waals surface area contributed by atoms with Crippen molar-refractivity contribution in [2.45, 2.75) is 12.5 Å². The Morgan fingerprint density at radius 2 is 1.31 bits per heavy atom. The van der Waals surface area contributed by atoms with Crippen molar-refractivity contribution >= 4 is 28.9 Å². The molecule has 4 heteroatoms. The number of nitrogens with one attached hydrogen (secondary N) is 1. The Hall–Kier alpha value is -2.98. The van der Waals surface area contributed by atoms with E-state index in [0.717, 1.165) is 22.4 Å². The van der Waals surface area contributed by atoms with Gasteiger partial charge in [0.1, 0.15) is 0 Å². The summed E-state index contributed by atoms with van der Waals surface area (Å²) in [5.41, 5.74) is 2.76. The van der Waals surface area contributed by atoms with Crippen molar-refractivity contribution in [3.63, 3.8) is 0 Å². The van der Waals surface area contributed by atoms with Crippen LogP contribution < -0.4 is 10.2 Å². The van der Waals surface area contributed by atoms with Gasteiger partial charge in [-0.05, 0) is 42.4 Å². The van der Waals surface area contributed by atoms with Crippen LogP contribution >= 0.6 is 12.2 Å². The average Bonchev–Trinajstić information content (AvgIpc) is 2.95. The van der Waals surface area contributed by atoms with Gasteiger partial charge in [-0.25, -0.2) is 0 Å². The smallest absolute Gasteiger partial charge is 0.261 e. The molecule has 26 heavy (non-hydrogen) atoms. The molecule has 3 aromatic carbocycles. The molecule has 128 valence electrons. The zero-order valence-electron chi connectivity index (χ0n) is 14.3. The molecule has 1 aliphatic rings. The molecule has 0 aliphatic carbocycles. The first kappa shape index (κ1) is 16.5. The molecule has 0 aromatic heterocycles. The zero-order valence-corrected chi connectivity index (χ0v) is 15.2. The van der Waals surface area contributed by atoms with Crippen LogP contribution in [0.5, 0.6) is 0 Å². The summed E-state index contributed by atoms with van der Waals surface area (Å²) < 4.78 is 0. The standard InChI is InChI=1S/C22H18N2OS/c1-16-12-14-19(15-13-16)24-21(26)23-20(25)22(24,17-8-4-2-5-9-17)18-10-6-3-7-11-18/h2-15H,1H3,(H,23,25,26). The van der Waals surface area contributed by atoms with Gasteiger partial charge in [0.15, 0.2) is 10.7 Å². The molecule has 1 heterocycles. The van der Waals surface area contributed by atoms with E-state index in [1.165, 1.54) is 0 Å². The van der Waals surface area contributed by atoms with Gasteiger partial charge in [-0.3, -0.25) is 15.0 Å². The van der Waals surface area contributed by atoms with Crippen LogP contribution in [-0.4, -0.2) is 11.0 Å². The van der Waals surface area contributed by atoms with Crippen molar-refractivity contribution in [2.24, 2.45) is 0 Å².